The van der Waals surface area contributed by atoms with E-state index in [0.717, 1.165) is 37.5 Å². The van der Waals surface area contributed by atoms with Gasteiger partial charge in [0.1, 0.15) is 5.75 Å². The summed E-state index contributed by atoms with van der Waals surface area (Å²) < 4.78 is 11.0. The van der Waals surface area contributed by atoms with Crippen molar-refractivity contribution in [2.24, 2.45) is 0 Å². The monoisotopic (exact) mass is 283 g/mol. The average Bonchev–Trinajstić information content (AvgIpc) is 2.57. The highest BCUT2D eigenvalue weighted by Crippen LogP contribution is 2.22. The molecule has 2 aromatic rings. The van der Waals surface area contributed by atoms with Crippen LogP contribution in [-0.4, -0.2) is 38.4 Å². The van der Waals surface area contributed by atoms with E-state index in [1.54, 1.807) is 0 Å². The fourth-order valence-electron chi connectivity index (χ4n) is 2.39. The number of ether oxygens (including phenoxy) is 1. The van der Waals surface area contributed by atoms with Gasteiger partial charge in [-0.25, -0.2) is 0 Å². The minimum absolute atomic E-state index is 0.662. The number of hydrogen-bond acceptors (Lipinski definition) is 4. The maximum atomic E-state index is 10.1. The molecule has 1 aliphatic heterocycles. The maximum Gasteiger partial charge on any atom is 0.560 e. The summed E-state index contributed by atoms with van der Waals surface area (Å²) in [6.45, 7) is 3.25. The third-order valence-corrected chi connectivity index (χ3v) is 3.53. The molecule has 0 amide bonds. The zero-order valence-corrected chi connectivity index (χ0v) is 11.8. The van der Waals surface area contributed by atoms with Crippen LogP contribution in [0.2, 0.25) is 0 Å². The van der Waals surface area contributed by atoms with E-state index in [-0.39, 0.29) is 0 Å². The van der Waals surface area contributed by atoms with E-state index in [9.17, 15) is 5.02 Å². The van der Waals surface area contributed by atoms with Crippen molar-refractivity contribution in [2.75, 3.05) is 31.2 Å². The van der Waals surface area contributed by atoms with Gasteiger partial charge in [-0.05, 0) is 17.6 Å². The first-order valence-corrected chi connectivity index (χ1v) is 7.15. The van der Waals surface area contributed by atoms with Crippen LogP contribution in [0.5, 0.6) is 5.75 Å². The standard InChI is InChI=1S/C16H18BNO3/c19-17(14-5-2-1-3-6-14)21-16-8-4-7-15(13-16)18-9-11-20-12-10-18/h1-8,13,19H,9-12H2. The summed E-state index contributed by atoms with van der Waals surface area (Å²) in [5.74, 6) is 0.662. The Morgan fingerprint density at radius 3 is 2.52 bits per heavy atom. The minimum Gasteiger partial charge on any atom is -0.532 e. The lowest BCUT2D eigenvalue weighted by Gasteiger charge is -2.29. The molecule has 0 atom stereocenters. The zero-order valence-electron chi connectivity index (χ0n) is 11.8. The van der Waals surface area contributed by atoms with E-state index in [2.05, 4.69) is 4.90 Å². The molecular formula is C16H18BNO3. The molecule has 1 heterocycles. The van der Waals surface area contributed by atoms with Gasteiger partial charge in [0.2, 0.25) is 0 Å². The smallest absolute Gasteiger partial charge is 0.532 e. The zero-order chi connectivity index (χ0) is 14.5. The molecular weight excluding hydrogens is 265 g/mol. The van der Waals surface area contributed by atoms with Crippen LogP contribution >= 0.6 is 0 Å². The van der Waals surface area contributed by atoms with Gasteiger partial charge in [0.25, 0.3) is 0 Å². The molecule has 1 saturated heterocycles. The van der Waals surface area contributed by atoms with Crippen molar-refractivity contribution >= 4 is 18.3 Å². The molecule has 0 unspecified atom stereocenters. The van der Waals surface area contributed by atoms with Gasteiger partial charge in [-0.2, -0.15) is 0 Å². The van der Waals surface area contributed by atoms with Gasteiger partial charge in [0.05, 0.1) is 13.2 Å². The van der Waals surface area contributed by atoms with Crippen LogP contribution in [-0.2, 0) is 4.74 Å². The van der Waals surface area contributed by atoms with Crippen LogP contribution < -0.4 is 15.0 Å². The van der Waals surface area contributed by atoms with Crippen LogP contribution in [0.25, 0.3) is 0 Å². The van der Waals surface area contributed by atoms with E-state index >= 15 is 0 Å². The van der Waals surface area contributed by atoms with Crippen LogP contribution in [0.15, 0.2) is 54.6 Å². The van der Waals surface area contributed by atoms with E-state index in [1.165, 1.54) is 0 Å². The largest absolute Gasteiger partial charge is 0.560 e. The summed E-state index contributed by atoms with van der Waals surface area (Å²) in [6, 6.07) is 17.2. The van der Waals surface area contributed by atoms with E-state index in [0.29, 0.717) is 5.75 Å². The molecule has 4 nitrogen and oxygen atoms in total. The van der Waals surface area contributed by atoms with Gasteiger partial charge in [0.15, 0.2) is 0 Å². The molecule has 1 N–H and O–H groups in total. The lowest BCUT2D eigenvalue weighted by Crippen LogP contribution is -2.37. The van der Waals surface area contributed by atoms with Gasteiger partial charge in [0, 0.05) is 24.8 Å². The molecule has 0 radical (unpaired) electrons. The topological polar surface area (TPSA) is 41.9 Å². The van der Waals surface area contributed by atoms with Crippen molar-refractivity contribution in [2.45, 2.75) is 0 Å². The van der Waals surface area contributed by atoms with Gasteiger partial charge >= 0.3 is 7.12 Å². The third-order valence-electron chi connectivity index (χ3n) is 3.53. The Morgan fingerprint density at radius 1 is 1.00 bits per heavy atom. The average molecular weight is 283 g/mol. The Labute approximate surface area is 125 Å². The molecule has 0 aliphatic carbocycles. The highest BCUT2D eigenvalue weighted by molar-refractivity contribution is 6.60. The number of rotatable bonds is 4. The molecule has 0 bridgehead atoms. The van der Waals surface area contributed by atoms with Gasteiger partial charge < -0.3 is 19.3 Å². The van der Waals surface area contributed by atoms with Gasteiger partial charge in [-0.3, -0.25) is 0 Å². The first kappa shape index (κ1) is 14.0. The van der Waals surface area contributed by atoms with E-state index in [1.807, 2.05) is 54.6 Å². The molecule has 1 fully saturated rings. The van der Waals surface area contributed by atoms with Gasteiger partial charge in [-0.1, -0.05) is 36.4 Å². The summed E-state index contributed by atoms with van der Waals surface area (Å²) in [7, 11) is -0.953. The minimum atomic E-state index is -0.953. The lowest BCUT2D eigenvalue weighted by molar-refractivity contribution is 0.122. The van der Waals surface area contributed by atoms with Crippen molar-refractivity contribution in [3.63, 3.8) is 0 Å². The number of morpholine rings is 1. The highest BCUT2D eigenvalue weighted by Gasteiger charge is 2.19. The van der Waals surface area contributed by atoms with Gasteiger partial charge in [-0.15, -0.1) is 0 Å². The number of anilines is 1. The fourth-order valence-corrected chi connectivity index (χ4v) is 2.39. The Hall–Kier alpha value is -1.98. The summed E-state index contributed by atoms with van der Waals surface area (Å²) >= 11 is 0. The second-order valence-corrected chi connectivity index (χ2v) is 4.98. The first-order valence-electron chi connectivity index (χ1n) is 7.15. The molecule has 21 heavy (non-hydrogen) atoms. The van der Waals surface area contributed by atoms with E-state index in [4.69, 9.17) is 9.39 Å². The number of nitrogens with zero attached hydrogens (tertiary/aromatic N) is 1. The van der Waals surface area contributed by atoms with Crippen LogP contribution in [0.1, 0.15) is 0 Å². The Balaban J connectivity index is 1.71. The number of hydrogen-bond donors (Lipinski definition) is 1. The van der Waals surface area contributed by atoms with Crippen LogP contribution in [0, 0.1) is 0 Å². The van der Waals surface area contributed by atoms with Crippen molar-refractivity contribution in [3.8, 4) is 5.75 Å². The Morgan fingerprint density at radius 2 is 1.76 bits per heavy atom. The molecule has 0 saturated carbocycles. The molecule has 5 heteroatoms. The summed E-state index contributed by atoms with van der Waals surface area (Å²) in [5.41, 5.74) is 1.84. The lowest BCUT2D eigenvalue weighted by atomic mass is 9.79. The van der Waals surface area contributed by atoms with Crippen molar-refractivity contribution in [1.82, 2.24) is 0 Å². The maximum absolute atomic E-state index is 10.1. The molecule has 2 aromatic carbocycles. The molecule has 1 aliphatic rings. The third kappa shape index (κ3) is 3.57. The molecule has 3 rings (SSSR count). The van der Waals surface area contributed by atoms with E-state index < -0.39 is 7.12 Å². The van der Waals surface area contributed by atoms with Crippen molar-refractivity contribution < 1.29 is 14.4 Å². The summed E-state index contributed by atoms with van der Waals surface area (Å²) in [5, 5.41) is 10.1. The normalized spacial score (nSPS) is 14.8. The Kier molecular flexibility index (Phi) is 4.43. The first-order chi connectivity index (χ1) is 10.3. The quantitative estimate of drug-likeness (QED) is 0.859. The second-order valence-electron chi connectivity index (χ2n) is 4.98. The Bertz CT molecular complexity index is 573. The van der Waals surface area contributed by atoms with Crippen molar-refractivity contribution in [1.29, 1.82) is 0 Å². The summed E-state index contributed by atoms with van der Waals surface area (Å²) in [4.78, 5) is 2.26. The predicted octanol–water partition coefficient (Wildman–Crippen LogP) is 1.29. The molecule has 0 spiro atoms. The highest BCUT2D eigenvalue weighted by atomic mass is 16.5. The van der Waals surface area contributed by atoms with Crippen LogP contribution in [0.4, 0.5) is 5.69 Å². The summed E-state index contributed by atoms with van der Waals surface area (Å²) in [6.07, 6.45) is 0. The SMILES string of the molecule is OB(Oc1cccc(N2CCOCC2)c1)c1ccccc1. The second kappa shape index (κ2) is 6.65. The molecule has 0 aromatic heterocycles. The predicted molar refractivity (Wildman–Crippen MR) is 84.2 cm³/mol. The fraction of sp³-hybridized carbons (Fsp3) is 0.250. The number of benzene rings is 2. The van der Waals surface area contributed by atoms with Crippen LogP contribution in [0.3, 0.4) is 0 Å². The van der Waals surface area contributed by atoms with Crippen molar-refractivity contribution in [3.05, 3.63) is 54.6 Å². The molecule has 108 valence electrons.